The smallest absolute Gasteiger partial charge is 0.408 e. The van der Waals surface area contributed by atoms with E-state index >= 15 is 0 Å². The molecule has 2 atom stereocenters. The number of hydrogen-bond donors (Lipinski definition) is 1. The van der Waals surface area contributed by atoms with Crippen molar-refractivity contribution < 1.29 is 37.7 Å². The van der Waals surface area contributed by atoms with Crippen LogP contribution < -0.4 is 10.1 Å². The average molecular weight is 512 g/mol. The highest BCUT2D eigenvalue weighted by molar-refractivity contribution is 5.83. The third kappa shape index (κ3) is 13.3. The molecule has 1 heterocycles. The number of esters is 2. The third-order valence-corrected chi connectivity index (χ3v) is 4.24. The number of nitrogens with zero attached hydrogens (tertiary/aromatic N) is 1. The number of ether oxygens (including phenoxy) is 4. The van der Waals surface area contributed by atoms with E-state index in [9.17, 15) is 18.8 Å². The van der Waals surface area contributed by atoms with Crippen LogP contribution in [0.25, 0.3) is 0 Å². The van der Waals surface area contributed by atoms with Crippen molar-refractivity contribution in [1.29, 1.82) is 0 Å². The monoisotopic (exact) mass is 511 g/mol. The van der Waals surface area contributed by atoms with Gasteiger partial charge in [0.15, 0.2) is 0 Å². The molecule has 0 aliphatic heterocycles. The van der Waals surface area contributed by atoms with Crippen molar-refractivity contribution in [3.8, 4) is 5.75 Å². The van der Waals surface area contributed by atoms with Gasteiger partial charge in [0.1, 0.15) is 41.9 Å². The summed E-state index contributed by atoms with van der Waals surface area (Å²) in [7, 11) is 0. The Hall–Kier alpha value is -2.91. The summed E-state index contributed by atoms with van der Waals surface area (Å²) >= 11 is 0. The van der Waals surface area contributed by atoms with Gasteiger partial charge in [-0.1, -0.05) is 0 Å². The molecule has 10 heteroatoms. The summed E-state index contributed by atoms with van der Waals surface area (Å²) in [4.78, 5) is 42.9. The lowest BCUT2D eigenvalue weighted by molar-refractivity contribution is -0.162. The maximum atomic E-state index is 13.1. The van der Waals surface area contributed by atoms with Crippen LogP contribution in [0.15, 0.2) is 18.3 Å². The fourth-order valence-corrected chi connectivity index (χ4v) is 3.00. The molecule has 1 amide bonds. The highest BCUT2D eigenvalue weighted by Crippen LogP contribution is 2.22. The van der Waals surface area contributed by atoms with Gasteiger partial charge < -0.3 is 24.3 Å². The van der Waals surface area contributed by atoms with Gasteiger partial charge in [0.05, 0.1) is 12.1 Å². The minimum atomic E-state index is -1.18. The highest BCUT2D eigenvalue weighted by atomic mass is 18.2. The van der Waals surface area contributed by atoms with Gasteiger partial charge in [0.2, 0.25) is 0 Å². The molecule has 0 aliphatic carbocycles. The van der Waals surface area contributed by atoms with Gasteiger partial charge in [-0.3, -0.25) is 9.78 Å². The van der Waals surface area contributed by atoms with Crippen molar-refractivity contribution in [2.75, 3.05) is 13.3 Å². The summed E-state index contributed by atoms with van der Waals surface area (Å²) in [5.74, 6) is -1.71. The van der Waals surface area contributed by atoms with E-state index in [4.69, 9.17) is 18.9 Å². The van der Waals surface area contributed by atoms with Crippen molar-refractivity contribution in [3.05, 3.63) is 24.0 Å². The van der Waals surface area contributed by atoms with Crippen LogP contribution in [0.4, 0.5) is 9.18 Å². The van der Waals surface area contributed by atoms with Crippen molar-refractivity contribution in [2.45, 2.75) is 98.0 Å². The van der Waals surface area contributed by atoms with Gasteiger partial charge in [-0.25, -0.2) is 14.0 Å². The van der Waals surface area contributed by atoms with E-state index in [1.807, 2.05) is 0 Å². The summed E-state index contributed by atoms with van der Waals surface area (Å²) in [6, 6.07) is 2.09. The standard InChI is InChI=1S/C26H41FN2O7/c1-24(2,3)34-21(30)17(14-18-10-11-19(16-28-18)33-13-12-27)15-20(22(31)35-25(4,5)6)29-23(32)36-26(7,8)9/h10-11,16-17,20H,12-15H2,1-9H3,(H,29,32)/t17?,20-/m0/s1/i27-1. The Morgan fingerprint density at radius 2 is 1.44 bits per heavy atom. The first-order chi connectivity index (χ1) is 16.4. The minimum Gasteiger partial charge on any atom is -0.489 e. The van der Waals surface area contributed by atoms with E-state index in [1.165, 1.54) is 6.20 Å². The largest absolute Gasteiger partial charge is 0.489 e. The van der Waals surface area contributed by atoms with Crippen LogP contribution in [0.2, 0.25) is 0 Å². The van der Waals surface area contributed by atoms with Crippen LogP contribution in [0.3, 0.4) is 0 Å². The van der Waals surface area contributed by atoms with E-state index in [2.05, 4.69) is 10.3 Å². The maximum Gasteiger partial charge on any atom is 0.408 e. The van der Waals surface area contributed by atoms with Crippen molar-refractivity contribution in [3.63, 3.8) is 0 Å². The second kappa shape index (κ2) is 12.9. The summed E-state index contributed by atoms with van der Waals surface area (Å²) in [6.45, 7) is 14.7. The van der Waals surface area contributed by atoms with Crippen LogP contribution in [0.5, 0.6) is 5.75 Å². The van der Waals surface area contributed by atoms with Crippen LogP contribution in [0, 0.1) is 5.92 Å². The van der Waals surface area contributed by atoms with Crippen LogP contribution >= 0.6 is 0 Å². The Morgan fingerprint density at radius 3 is 1.92 bits per heavy atom. The number of alkyl carbamates (subject to hydrolysis) is 1. The van der Waals surface area contributed by atoms with E-state index in [-0.39, 0.29) is 19.4 Å². The number of pyridine rings is 1. The first-order valence-corrected chi connectivity index (χ1v) is 12.0. The van der Waals surface area contributed by atoms with Crippen molar-refractivity contribution >= 4 is 18.0 Å². The topological polar surface area (TPSA) is 113 Å². The molecule has 1 N–H and O–H groups in total. The van der Waals surface area contributed by atoms with Crippen LogP contribution in [0.1, 0.15) is 74.4 Å². The quantitative estimate of drug-likeness (QED) is 0.359. The molecule has 0 aliphatic rings. The fourth-order valence-electron chi connectivity index (χ4n) is 3.00. The lowest BCUT2D eigenvalue weighted by Crippen LogP contribution is -2.48. The Morgan fingerprint density at radius 1 is 0.889 bits per heavy atom. The van der Waals surface area contributed by atoms with Gasteiger partial charge in [-0.15, -0.1) is 0 Å². The molecule has 1 unspecified atom stereocenters. The first-order valence-electron chi connectivity index (χ1n) is 12.0. The second-order valence-electron chi connectivity index (χ2n) is 11.4. The second-order valence-corrected chi connectivity index (χ2v) is 11.4. The molecule has 0 bridgehead atoms. The lowest BCUT2D eigenvalue weighted by Gasteiger charge is -2.29. The van der Waals surface area contributed by atoms with E-state index in [1.54, 1.807) is 74.4 Å². The first kappa shape index (κ1) is 31.1. The summed E-state index contributed by atoms with van der Waals surface area (Å²) in [6.07, 6.45) is 0.633. The zero-order valence-electron chi connectivity index (χ0n) is 22.9. The predicted molar refractivity (Wildman–Crippen MR) is 132 cm³/mol. The molecule has 0 spiro atoms. The number of rotatable bonds is 10. The number of amides is 1. The lowest BCUT2D eigenvalue weighted by atomic mass is 9.94. The molecule has 36 heavy (non-hydrogen) atoms. The average Bonchev–Trinajstić information content (AvgIpc) is 2.68. The molecule has 0 saturated carbocycles. The van der Waals surface area contributed by atoms with Gasteiger partial charge in [0.25, 0.3) is 0 Å². The molecule has 1 aromatic heterocycles. The van der Waals surface area contributed by atoms with Crippen molar-refractivity contribution in [2.24, 2.45) is 5.92 Å². The molecule has 0 saturated heterocycles. The Bertz CT molecular complexity index is 868. The van der Waals surface area contributed by atoms with Gasteiger partial charge >= 0.3 is 18.0 Å². The molecular weight excluding hydrogens is 470 g/mol. The Kier molecular flexibility index (Phi) is 11.1. The zero-order valence-corrected chi connectivity index (χ0v) is 22.9. The maximum absolute atomic E-state index is 13.1. The van der Waals surface area contributed by atoms with Crippen LogP contribution in [-0.2, 0) is 30.2 Å². The third-order valence-electron chi connectivity index (χ3n) is 4.24. The number of carbonyl (C=O) groups is 3. The normalized spacial score (nSPS) is 13.8. The van der Waals surface area contributed by atoms with E-state index < -0.39 is 53.5 Å². The molecule has 9 nitrogen and oxygen atoms in total. The minimum absolute atomic E-state index is 0.0878. The number of hydrogen-bond acceptors (Lipinski definition) is 8. The SMILES string of the molecule is CC(C)(C)OC(=O)N[C@@H](CC(Cc1ccc(OCC[18F])cn1)C(=O)OC(C)(C)C)C(=O)OC(C)(C)C. The molecule has 1 rings (SSSR count). The van der Waals surface area contributed by atoms with Gasteiger partial charge in [-0.05, 0) is 80.9 Å². The van der Waals surface area contributed by atoms with Gasteiger partial charge in [-0.2, -0.15) is 0 Å². The molecular formula is C26H41FN2O7. The number of nitrogens with one attached hydrogen (secondary N) is 1. The molecule has 0 aromatic carbocycles. The zero-order chi connectivity index (χ0) is 27.7. The fraction of sp³-hybridized carbons (Fsp3) is 0.692. The van der Waals surface area contributed by atoms with Crippen LogP contribution in [-0.4, -0.2) is 59.1 Å². The molecule has 1 aromatic rings. The molecule has 0 radical (unpaired) electrons. The number of carbonyl (C=O) groups excluding carboxylic acids is 3. The number of aromatic nitrogens is 1. The Labute approximate surface area is 213 Å². The Balaban J connectivity index is 3.21. The van der Waals surface area contributed by atoms with E-state index in [0.29, 0.717) is 11.4 Å². The highest BCUT2D eigenvalue weighted by Gasteiger charge is 2.35. The molecule has 0 fully saturated rings. The summed E-state index contributed by atoms with van der Waals surface area (Å²) in [5.41, 5.74) is -1.85. The number of alkyl halides is 1. The van der Waals surface area contributed by atoms with E-state index in [0.717, 1.165) is 0 Å². The molecule has 204 valence electrons. The van der Waals surface area contributed by atoms with Gasteiger partial charge in [0, 0.05) is 12.1 Å². The summed E-state index contributed by atoms with van der Waals surface area (Å²) in [5, 5.41) is 2.54. The van der Waals surface area contributed by atoms with Crippen molar-refractivity contribution in [1.82, 2.24) is 10.3 Å². The number of halogens is 1. The predicted octanol–water partition coefficient (Wildman–Crippen LogP) is 4.56. The summed E-state index contributed by atoms with van der Waals surface area (Å²) < 4.78 is 33.9.